The number of rotatable bonds is 8. The first-order valence-corrected chi connectivity index (χ1v) is 7.66. The summed E-state index contributed by atoms with van der Waals surface area (Å²) in [7, 11) is 4.05. The molecule has 1 heterocycles. The van der Waals surface area contributed by atoms with Gasteiger partial charge in [-0.1, -0.05) is 12.1 Å². The highest BCUT2D eigenvalue weighted by molar-refractivity contribution is 5.75. The van der Waals surface area contributed by atoms with Crippen molar-refractivity contribution in [2.75, 3.05) is 25.5 Å². The van der Waals surface area contributed by atoms with E-state index in [-0.39, 0.29) is 5.91 Å². The number of carbonyl (C=O) groups is 1. The number of nitrogens with zero attached hydrogens (tertiary/aromatic N) is 2. The van der Waals surface area contributed by atoms with Crippen molar-refractivity contribution < 1.29 is 4.79 Å². The number of aryl methyl sites for hydroxylation is 1. The molecule has 0 bridgehead atoms. The summed E-state index contributed by atoms with van der Waals surface area (Å²) >= 11 is 0. The second kappa shape index (κ2) is 8.22. The molecule has 0 spiro atoms. The summed E-state index contributed by atoms with van der Waals surface area (Å²) in [6.07, 6.45) is 6.83. The molecule has 5 heteroatoms. The van der Waals surface area contributed by atoms with Crippen molar-refractivity contribution >= 4 is 11.6 Å². The zero-order chi connectivity index (χ0) is 15.8. The number of carbonyl (C=O) groups excluding carboxylic acids is 1. The minimum Gasteiger partial charge on any atom is -0.378 e. The highest BCUT2D eigenvalue weighted by Crippen LogP contribution is 2.12. The number of aromatic amines is 1. The van der Waals surface area contributed by atoms with Gasteiger partial charge in [-0.15, -0.1) is 0 Å². The lowest BCUT2D eigenvalue weighted by Gasteiger charge is -2.12. The molecule has 0 aliphatic heterocycles. The molecule has 118 valence electrons. The molecular formula is C17H24N4O. The Bertz CT molecular complexity index is 561. The predicted octanol–water partition coefficient (Wildman–Crippen LogP) is 2.16. The third kappa shape index (κ3) is 5.24. The molecule has 5 nitrogen and oxygen atoms in total. The van der Waals surface area contributed by atoms with Crippen molar-refractivity contribution in [1.82, 2.24) is 15.5 Å². The van der Waals surface area contributed by atoms with Crippen LogP contribution in [0.15, 0.2) is 36.7 Å². The molecule has 1 amide bonds. The smallest absolute Gasteiger partial charge is 0.220 e. The molecule has 0 aliphatic carbocycles. The SMILES string of the molecule is CN(C)c1ccc(CCNC(=O)CCCc2cn[nH]c2)cc1. The van der Waals surface area contributed by atoms with Gasteiger partial charge in [0.15, 0.2) is 0 Å². The van der Waals surface area contributed by atoms with E-state index in [1.165, 1.54) is 11.3 Å². The van der Waals surface area contributed by atoms with Crippen LogP contribution in [0.3, 0.4) is 0 Å². The summed E-state index contributed by atoms with van der Waals surface area (Å²) in [4.78, 5) is 13.8. The van der Waals surface area contributed by atoms with E-state index in [0.29, 0.717) is 13.0 Å². The maximum atomic E-state index is 11.8. The average Bonchev–Trinajstić information content (AvgIpc) is 3.01. The highest BCUT2D eigenvalue weighted by Gasteiger charge is 2.02. The molecular weight excluding hydrogens is 276 g/mol. The van der Waals surface area contributed by atoms with E-state index in [1.807, 2.05) is 20.3 Å². The normalized spacial score (nSPS) is 10.5. The molecule has 22 heavy (non-hydrogen) atoms. The molecule has 1 aromatic heterocycles. The summed E-state index contributed by atoms with van der Waals surface area (Å²) in [5.74, 6) is 0.119. The summed E-state index contributed by atoms with van der Waals surface area (Å²) in [5, 5.41) is 9.64. The van der Waals surface area contributed by atoms with Crippen molar-refractivity contribution in [3.8, 4) is 0 Å². The molecule has 0 aliphatic rings. The first-order chi connectivity index (χ1) is 10.6. The van der Waals surface area contributed by atoms with E-state index in [1.54, 1.807) is 6.20 Å². The van der Waals surface area contributed by atoms with Crippen molar-refractivity contribution in [1.29, 1.82) is 0 Å². The van der Waals surface area contributed by atoms with Crippen LogP contribution in [-0.2, 0) is 17.6 Å². The molecule has 2 N–H and O–H groups in total. The lowest BCUT2D eigenvalue weighted by Crippen LogP contribution is -2.25. The van der Waals surface area contributed by atoms with Crippen LogP contribution in [0.4, 0.5) is 5.69 Å². The largest absolute Gasteiger partial charge is 0.378 e. The van der Waals surface area contributed by atoms with Gasteiger partial charge in [-0.3, -0.25) is 9.89 Å². The van der Waals surface area contributed by atoms with Crippen molar-refractivity contribution in [2.45, 2.75) is 25.7 Å². The van der Waals surface area contributed by atoms with E-state index in [4.69, 9.17) is 0 Å². The number of aromatic nitrogens is 2. The van der Waals surface area contributed by atoms with Crippen LogP contribution in [0.2, 0.25) is 0 Å². The molecule has 0 radical (unpaired) electrons. The number of hydrogen-bond acceptors (Lipinski definition) is 3. The number of amides is 1. The third-order valence-corrected chi connectivity index (χ3v) is 3.61. The minimum absolute atomic E-state index is 0.119. The predicted molar refractivity (Wildman–Crippen MR) is 89.0 cm³/mol. The maximum Gasteiger partial charge on any atom is 0.220 e. The Morgan fingerprint density at radius 2 is 1.95 bits per heavy atom. The summed E-state index contributed by atoms with van der Waals surface area (Å²) in [6.45, 7) is 0.686. The minimum atomic E-state index is 0.119. The Morgan fingerprint density at radius 3 is 2.59 bits per heavy atom. The number of benzene rings is 1. The van der Waals surface area contributed by atoms with E-state index in [0.717, 1.165) is 24.8 Å². The van der Waals surface area contributed by atoms with Gasteiger partial charge in [0.05, 0.1) is 6.20 Å². The zero-order valence-corrected chi connectivity index (χ0v) is 13.3. The van der Waals surface area contributed by atoms with Gasteiger partial charge >= 0.3 is 0 Å². The fourth-order valence-electron chi connectivity index (χ4n) is 2.26. The lowest BCUT2D eigenvalue weighted by molar-refractivity contribution is -0.121. The van der Waals surface area contributed by atoms with Crippen LogP contribution in [0, 0.1) is 0 Å². The molecule has 2 aromatic rings. The molecule has 0 unspecified atom stereocenters. The maximum absolute atomic E-state index is 11.8. The first-order valence-electron chi connectivity index (χ1n) is 7.66. The molecule has 0 atom stereocenters. The van der Waals surface area contributed by atoms with Gasteiger partial charge in [-0.2, -0.15) is 5.10 Å². The van der Waals surface area contributed by atoms with E-state index >= 15 is 0 Å². The van der Waals surface area contributed by atoms with E-state index < -0.39 is 0 Å². The van der Waals surface area contributed by atoms with Crippen LogP contribution in [0.1, 0.15) is 24.0 Å². The van der Waals surface area contributed by atoms with E-state index in [2.05, 4.69) is 44.7 Å². The van der Waals surface area contributed by atoms with E-state index in [9.17, 15) is 4.79 Å². The monoisotopic (exact) mass is 300 g/mol. The van der Waals surface area contributed by atoms with Gasteiger partial charge in [0.1, 0.15) is 0 Å². The fourth-order valence-corrected chi connectivity index (χ4v) is 2.26. The van der Waals surface area contributed by atoms with Gasteiger partial charge < -0.3 is 10.2 Å². The van der Waals surface area contributed by atoms with Crippen molar-refractivity contribution in [3.63, 3.8) is 0 Å². The molecule has 2 rings (SSSR count). The Labute approximate surface area is 131 Å². The van der Waals surface area contributed by atoms with Crippen LogP contribution < -0.4 is 10.2 Å². The Balaban J connectivity index is 1.62. The standard InChI is InChI=1S/C17H24N4O/c1-21(2)16-8-6-14(7-9-16)10-11-18-17(22)5-3-4-15-12-19-20-13-15/h6-9,12-13H,3-5,10-11H2,1-2H3,(H,18,22)(H,19,20). The topological polar surface area (TPSA) is 61.0 Å². The molecule has 0 saturated heterocycles. The van der Waals surface area contributed by atoms with Crippen LogP contribution in [-0.4, -0.2) is 36.7 Å². The number of nitrogens with one attached hydrogen (secondary N) is 2. The van der Waals surface area contributed by atoms with Crippen molar-refractivity contribution in [3.05, 3.63) is 47.8 Å². The fraction of sp³-hybridized carbons (Fsp3) is 0.412. The van der Waals surface area contributed by atoms with Gasteiger partial charge in [-0.05, 0) is 42.5 Å². The Hall–Kier alpha value is -2.30. The summed E-state index contributed by atoms with van der Waals surface area (Å²) in [6, 6.07) is 8.42. The van der Waals surface area contributed by atoms with Crippen LogP contribution >= 0.6 is 0 Å². The number of hydrogen-bond donors (Lipinski definition) is 2. The second-order valence-corrected chi connectivity index (χ2v) is 5.62. The molecule has 1 aromatic carbocycles. The van der Waals surface area contributed by atoms with Gasteiger partial charge in [0.25, 0.3) is 0 Å². The molecule has 0 saturated carbocycles. The molecule has 0 fully saturated rings. The summed E-state index contributed by atoms with van der Waals surface area (Å²) < 4.78 is 0. The third-order valence-electron chi connectivity index (χ3n) is 3.61. The van der Waals surface area contributed by atoms with Crippen LogP contribution in [0.25, 0.3) is 0 Å². The Morgan fingerprint density at radius 1 is 1.18 bits per heavy atom. The quantitative estimate of drug-likeness (QED) is 0.785. The zero-order valence-electron chi connectivity index (χ0n) is 13.3. The number of anilines is 1. The lowest BCUT2D eigenvalue weighted by atomic mass is 10.1. The van der Waals surface area contributed by atoms with Gasteiger partial charge in [0, 0.05) is 38.9 Å². The highest BCUT2D eigenvalue weighted by atomic mass is 16.1. The average molecular weight is 300 g/mol. The number of H-pyrrole nitrogens is 1. The summed E-state index contributed by atoms with van der Waals surface area (Å²) in [5.41, 5.74) is 3.57. The second-order valence-electron chi connectivity index (χ2n) is 5.62. The first kappa shape index (κ1) is 16.1. The van der Waals surface area contributed by atoms with Gasteiger partial charge in [-0.25, -0.2) is 0 Å². The van der Waals surface area contributed by atoms with Crippen LogP contribution in [0.5, 0.6) is 0 Å². The Kier molecular flexibility index (Phi) is 6.01. The van der Waals surface area contributed by atoms with Crippen molar-refractivity contribution in [2.24, 2.45) is 0 Å². The van der Waals surface area contributed by atoms with Gasteiger partial charge in [0.2, 0.25) is 5.91 Å².